The zero-order valence-corrected chi connectivity index (χ0v) is 21.3. The van der Waals surface area contributed by atoms with Crippen LogP contribution < -0.4 is 24.4 Å². The molecule has 0 fully saturated rings. The maximum Gasteiger partial charge on any atom is 0.308 e. The summed E-state index contributed by atoms with van der Waals surface area (Å²) in [6, 6.07) is 12.4. The smallest absolute Gasteiger partial charge is 0.308 e. The Labute approximate surface area is 217 Å². The van der Waals surface area contributed by atoms with Crippen LogP contribution in [0.2, 0.25) is 5.02 Å². The normalized spacial score (nSPS) is 11.1. The minimum Gasteiger partial charge on any atom is -0.493 e. The predicted octanol–water partition coefficient (Wildman–Crippen LogP) is 4.44. The Morgan fingerprint density at radius 1 is 1.05 bits per heavy atom. The van der Waals surface area contributed by atoms with Crippen LogP contribution in [-0.2, 0) is 14.8 Å². The molecule has 0 heterocycles. The zero-order valence-electron chi connectivity index (χ0n) is 19.7. The summed E-state index contributed by atoms with van der Waals surface area (Å²) in [7, 11) is -1.57. The van der Waals surface area contributed by atoms with Gasteiger partial charge in [-0.25, -0.2) is 8.42 Å². The summed E-state index contributed by atoms with van der Waals surface area (Å²) in [4.78, 5) is 21.5. The molecule has 2 N–H and O–H groups in total. The number of hydrogen-bond acceptors (Lipinski definition) is 10. The number of carbonyl (C=O) groups is 1. The second-order valence-corrected chi connectivity index (χ2v) is 9.30. The van der Waals surface area contributed by atoms with Gasteiger partial charge < -0.3 is 14.2 Å². The first-order valence-electron chi connectivity index (χ1n) is 10.3. The van der Waals surface area contributed by atoms with Gasteiger partial charge in [0.15, 0.2) is 11.5 Å². The van der Waals surface area contributed by atoms with Crippen LogP contribution in [-0.4, -0.2) is 39.7 Å². The average Bonchev–Trinajstić information content (AvgIpc) is 2.85. The molecule has 3 aromatic carbocycles. The summed E-state index contributed by atoms with van der Waals surface area (Å²) < 4.78 is 44.2. The van der Waals surface area contributed by atoms with Crippen molar-refractivity contribution in [3.05, 3.63) is 75.3 Å². The Balaban J connectivity index is 1.96. The van der Waals surface area contributed by atoms with Crippen molar-refractivity contribution in [2.45, 2.75) is 11.8 Å². The van der Waals surface area contributed by atoms with Crippen LogP contribution in [0.5, 0.6) is 17.2 Å². The van der Waals surface area contributed by atoms with E-state index >= 15 is 0 Å². The van der Waals surface area contributed by atoms with Gasteiger partial charge in [0.05, 0.1) is 41.8 Å². The van der Waals surface area contributed by atoms with Gasteiger partial charge in [0.1, 0.15) is 4.90 Å². The molecule has 12 nitrogen and oxygen atoms in total. The number of carbonyl (C=O) groups excluding carboxylic acids is 1. The number of non-ortho nitro benzene ring substituents is 1. The first-order chi connectivity index (χ1) is 17.6. The van der Waals surface area contributed by atoms with Crippen LogP contribution in [0.25, 0.3) is 0 Å². The fraction of sp³-hybridized carbons (Fsp3) is 0.130. The number of ether oxygens (including phenoxy) is 3. The molecule has 0 atom stereocenters. The highest BCUT2D eigenvalue weighted by Gasteiger charge is 2.23. The predicted molar refractivity (Wildman–Crippen MR) is 137 cm³/mol. The number of halogens is 1. The van der Waals surface area contributed by atoms with E-state index in [0.717, 1.165) is 12.1 Å². The van der Waals surface area contributed by atoms with Crippen LogP contribution in [0.15, 0.2) is 64.6 Å². The summed E-state index contributed by atoms with van der Waals surface area (Å²) in [5.41, 5.74) is 2.64. The molecule has 0 unspecified atom stereocenters. The van der Waals surface area contributed by atoms with E-state index < -0.39 is 31.5 Å². The standard InChI is InChI=1S/C23H21ClN4O8S/c1-14(29)36-23-20(34-2)10-15(11-21(23)35-3)13-25-26-19-9-8-16(28(30)31)12-22(19)37(32,33)27-18-7-5-4-6-17(18)24/h4-13,26-27H,1-3H3. The van der Waals surface area contributed by atoms with Crippen molar-refractivity contribution in [1.82, 2.24) is 0 Å². The lowest BCUT2D eigenvalue weighted by Gasteiger charge is -2.14. The van der Waals surface area contributed by atoms with E-state index in [4.69, 9.17) is 25.8 Å². The van der Waals surface area contributed by atoms with Crippen LogP contribution in [0, 0.1) is 10.1 Å². The van der Waals surface area contributed by atoms with Crippen molar-refractivity contribution in [3.8, 4) is 17.2 Å². The minimum atomic E-state index is -4.32. The van der Waals surface area contributed by atoms with Gasteiger partial charge in [0.2, 0.25) is 5.75 Å². The number of benzene rings is 3. The van der Waals surface area contributed by atoms with Crippen molar-refractivity contribution >= 4 is 50.9 Å². The molecule has 0 aliphatic rings. The molecular weight excluding hydrogens is 528 g/mol. The number of rotatable bonds is 10. The SMILES string of the molecule is COc1cc(C=NNc2ccc([N+](=O)[O-])cc2S(=O)(=O)Nc2ccccc2Cl)cc(OC)c1OC(C)=O. The highest BCUT2D eigenvalue weighted by molar-refractivity contribution is 7.93. The minimum absolute atomic E-state index is 0.0446. The summed E-state index contributed by atoms with van der Waals surface area (Å²) in [5, 5.41) is 15.5. The number of para-hydroxylation sites is 1. The van der Waals surface area contributed by atoms with Crippen molar-refractivity contribution < 1.29 is 32.3 Å². The summed E-state index contributed by atoms with van der Waals surface area (Å²) in [5.74, 6) is -0.105. The van der Waals surface area contributed by atoms with Gasteiger partial charge in [0, 0.05) is 24.6 Å². The number of nitrogens with one attached hydrogen (secondary N) is 2. The third kappa shape index (κ3) is 6.65. The summed E-state index contributed by atoms with van der Waals surface area (Å²) >= 11 is 6.06. The van der Waals surface area contributed by atoms with E-state index in [-0.39, 0.29) is 33.6 Å². The van der Waals surface area contributed by atoms with E-state index in [1.807, 2.05) is 0 Å². The van der Waals surface area contributed by atoms with Gasteiger partial charge in [-0.3, -0.25) is 25.1 Å². The van der Waals surface area contributed by atoms with E-state index in [9.17, 15) is 23.3 Å². The number of hydrazone groups is 1. The molecule has 0 bridgehead atoms. The van der Waals surface area contributed by atoms with Crippen LogP contribution in [0.1, 0.15) is 12.5 Å². The zero-order chi connectivity index (χ0) is 27.2. The van der Waals surface area contributed by atoms with Crippen molar-refractivity contribution in [3.63, 3.8) is 0 Å². The Kier molecular flexibility index (Phi) is 8.52. The number of sulfonamides is 1. The van der Waals surface area contributed by atoms with E-state index in [2.05, 4.69) is 15.2 Å². The first kappa shape index (κ1) is 27.2. The van der Waals surface area contributed by atoms with Gasteiger partial charge in [0.25, 0.3) is 15.7 Å². The van der Waals surface area contributed by atoms with Gasteiger partial charge >= 0.3 is 5.97 Å². The molecule has 0 aliphatic carbocycles. The van der Waals surface area contributed by atoms with E-state index in [1.165, 1.54) is 57.7 Å². The number of hydrogen-bond donors (Lipinski definition) is 2. The largest absolute Gasteiger partial charge is 0.493 e. The van der Waals surface area contributed by atoms with Gasteiger partial charge in [-0.1, -0.05) is 23.7 Å². The van der Waals surface area contributed by atoms with Crippen molar-refractivity contribution in [1.29, 1.82) is 0 Å². The number of nitrogens with zero attached hydrogens (tertiary/aromatic N) is 2. The molecule has 0 amide bonds. The Hall–Kier alpha value is -4.36. The molecular formula is C23H21ClN4O8S. The van der Waals surface area contributed by atoms with Crippen LogP contribution >= 0.6 is 11.6 Å². The molecule has 14 heteroatoms. The molecule has 37 heavy (non-hydrogen) atoms. The Morgan fingerprint density at radius 3 is 2.27 bits per heavy atom. The van der Waals surface area contributed by atoms with Gasteiger partial charge in [-0.2, -0.15) is 5.10 Å². The second kappa shape index (κ2) is 11.6. The maximum atomic E-state index is 13.1. The van der Waals surface area contributed by atoms with Crippen molar-refractivity contribution in [2.24, 2.45) is 5.10 Å². The highest BCUT2D eigenvalue weighted by atomic mass is 35.5. The summed E-state index contributed by atoms with van der Waals surface area (Å²) in [6.45, 7) is 1.23. The molecule has 0 saturated heterocycles. The van der Waals surface area contributed by atoms with Gasteiger partial charge in [-0.15, -0.1) is 0 Å². The topological polar surface area (TPSA) is 158 Å². The average molecular weight is 549 g/mol. The van der Waals surface area contributed by atoms with Crippen LogP contribution in [0.4, 0.5) is 17.1 Å². The fourth-order valence-corrected chi connectivity index (χ4v) is 4.57. The number of methoxy groups -OCH3 is 2. The third-order valence-corrected chi connectivity index (χ3v) is 6.45. The van der Waals surface area contributed by atoms with E-state index in [0.29, 0.717) is 5.56 Å². The lowest BCUT2D eigenvalue weighted by atomic mass is 10.2. The molecule has 3 aromatic rings. The molecule has 0 spiro atoms. The first-order valence-corrected chi connectivity index (χ1v) is 12.2. The molecule has 0 saturated carbocycles. The second-order valence-electron chi connectivity index (χ2n) is 7.24. The Morgan fingerprint density at radius 2 is 1.70 bits per heavy atom. The molecule has 194 valence electrons. The molecule has 3 rings (SSSR count). The van der Waals surface area contributed by atoms with Crippen molar-refractivity contribution in [2.75, 3.05) is 24.4 Å². The lowest BCUT2D eigenvalue weighted by molar-refractivity contribution is -0.385. The maximum absolute atomic E-state index is 13.1. The molecule has 0 aliphatic heterocycles. The molecule has 0 radical (unpaired) electrons. The lowest BCUT2D eigenvalue weighted by Crippen LogP contribution is -2.15. The van der Waals surface area contributed by atoms with E-state index in [1.54, 1.807) is 12.1 Å². The number of anilines is 2. The number of nitro groups is 1. The monoisotopic (exact) mass is 548 g/mol. The molecule has 0 aromatic heterocycles. The fourth-order valence-electron chi connectivity index (χ4n) is 3.08. The highest BCUT2D eigenvalue weighted by Crippen LogP contribution is 2.38. The van der Waals surface area contributed by atoms with Gasteiger partial charge in [-0.05, 0) is 30.3 Å². The number of nitro benzene ring substituents is 1. The third-order valence-electron chi connectivity index (χ3n) is 4.71. The van der Waals surface area contributed by atoms with Crippen LogP contribution in [0.3, 0.4) is 0 Å². The number of esters is 1. The Bertz CT molecular complexity index is 1450. The quantitative estimate of drug-likeness (QED) is 0.123. The summed E-state index contributed by atoms with van der Waals surface area (Å²) in [6.07, 6.45) is 1.32.